The molecule has 1 aromatic rings. The Morgan fingerprint density at radius 2 is 1.88 bits per heavy atom. The minimum atomic E-state index is -0.534. The molecule has 0 aliphatic heterocycles. The van der Waals surface area contributed by atoms with Gasteiger partial charge in [0.1, 0.15) is 17.5 Å². The van der Waals surface area contributed by atoms with Crippen LogP contribution in [0.2, 0.25) is 0 Å². The first-order valence-corrected chi connectivity index (χ1v) is 9.12. The molecule has 0 atom stereocenters. The first kappa shape index (κ1) is 19.5. The lowest BCUT2D eigenvalue weighted by Crippen LogP contribution is -2.42. The standard InChI is InChI=1S/C18H23BrFN3O2/c1-18(2,3)25-17(24)23-13-6-4-12(5-7-13)22-16-9-15(20)11(10-21)8-14(16)19/h8-9,12-13,22H,4-7H2,1-3H3,(H,23,24)/t12-,13-. The summed E-state index contributed by atoms with van der Waals surface area (Å²) in [4.78, 5) is 11.8. The molecular formula is C18H23BrFN3O2. The highest BCUT2D eigenvalue weighted by Crippen LogP contribution is 2.29. The molecule has 0 heterocycles. The molecule has 0 saturated heterocycles. The van der Waals surface area contributed by atoms with Crippen molar-refractivity contribution in [2.75, 3.05) is 5.32 Å². The third kappa shape index (κ3) is 5.89. The smallest absolute Gasteiger partial charge is 0.407 e. The Bertz CT molecular complexity index is 674. The molecule has 25 heavy (non-hydrogen) atoms. The molecule has 1 aromatic carbocycles. The Balaban J connectivity index is 1.86. The summed E-state index contributed by atoms with van der Waals surface area (Å²) in [5, 5.41) is 15.1. The van der Waals surface area contributed by atoms with Gasteiger partial charge in [0.2, 0.25) is 0 Å². The highest BCUT2D eigenvalue weighted by molar-refractivity contribution is 9.10. The lowest BCUT2D eigenvalue weighted by Gasteiger charge is -2.31. The van der Waals surface area contributed by atoms with E-state index >= 15 is 0 Å². The summed E-state index contributed by atoms with van der Waals surface area (Å²) in [6.45, 7) is 5.51. The molecule has 0 spiro atoms. The van der Waals surface area contributed by atoms with Crippen LogP contribution in [-0.4, -0.2) is 23.8 Å². The number of carbonyl (C=O) groups excluding carboxylic acids is 1. The Morgan fingerprint density at radius 1 is 1.28 bits per heavy atom. The van der Waals surface area contributed by atoms with Gasteiger partial charge in [0.15, 0.2) is 0 Å². The summed E-state index contributed by atoms with van der Waals surface area (Å²) in [7, 11) is 0. The normalized spacial score (nSPS) is 20.5. The zero-order valence-electron chi connectivity index (χ0n) is 14.7. The van der Waals surface area contributed by atoms with E-state index in [4.69, 9.17) is 10.00 Å². The number of nitrogens with zero attached hydrogens (tertiary/aromatic N) is 1. The fraction of sp³-hybridized carbons (Fsp3) is 0.556. The fourth-order valence-corrected chi connectivity index (χ4v) is 3.28. The van der Waals surface area contributed by atoms with Crippen LogP contribution in [0.5, 0.6) is 0 Å². The maximum atomic E-state index is 13.8. The number of amides is 1. The molecular weight excluding hydrogens is 389 g/mol. The number of hydrogen-bond donors (Lipinski definition) is 2. The average molecular weight is 412 g/mol. The predicted octanol–water partition coefficient (Wildman–Crippen LogP) is 4.71. The van der Waals surface area contributed by atoms with Gasteiger partial charge in [0.05, 0.1) is 11.3 Å². The van der Waals surface area contributed by atoms with Crippen LogP contribution in [0.1, 0.15) is 52.0 Å². The SMILES string of the molecule is CC(C)(C)OC(=O)N[C@H]1CC[C@H](Nc2cc(F)c(C#N)cc2Br)CC1. The van der Waals surface area contributed by atoms with Crippen LogP contribution in [-0.2, 0) is 4.74 Å². The maximum absolute atomic E-state index is 13.8. The molecule has 1 aliphatic carbocycles. The molecule has 1 fully saturated rings. The van der Waals surface area contributed by atoms with E-state index in [1.165, 1.54) is 12.1 Å². The zero-order chi connectivity index (χ0) is 18.6. The van der Waals surface area contributed by atoms with E-state index in [1.54, 1.807) is 0 Å². The number of nitrogens with one attached hydrogen (secondary N) is 2. The van der Waals surface area contributed by atoms with Crippen molar-refractivity contribution in [1.29, 1.82) is 5.26 Å². The fourth-order valence-electron chi connectivity index (χ4n) is 2.82. The number of benzene rings is 1. The van der Waals surface area contributed by atoms with Gasteiger partial charge >= 0.3 is 6.09 Å². The van der Waals surface area contributed by atoms with Crippen LogP contribution < -0.4 is 10.6 Å². The minimum absolute atomic E-state index is 0.0164. The Morgan fingerprint density at radius 3 is 2.44 bits per heavy atom. The van der Waals surface area contributed by atoms with Gasteiger partial charge in [0, 0.05) is 16.6 Å². The maximum Gasteiger partial charge on any atom is 0.407 e. The Labute approximate surface area is 156 Å². The molecule has 5 nitrogen and oxygen atoms in total. The van der Waals surface area contributed by atoms with E-state index in [0.717, 1.165) is 25.7 Å². The average Bonchev–Trinajstić information content (AvgIpc) is 2.50. The molecule has 1 saturated carbocycles. The minimum Gasteiger partial charge on any atom is -0.444 e. The summed E-state index contributed by atoms with van der Waals surface area (Å²) in [5.74, 6) is -0.534. The molecule has 2 rings (SSSR count). The molecule has 2 N–H and O–H groups in total. The first-order chi connectivity index (χ1) is 11.7. The summed E-state index contributed by atoms with van der Waals surface area (Å²) in [6, 6.07) is 4.93. The van der Waals surface area contributed by atoms with Crippen LogP contribution >= 0.6 is 15.9 Å². The van der Waals surface area contributed by atoms with E-state index in [0.29, 0.717) is 10.2 Å². The van der Waals surface area contributed by atoms with E-state index in [-0.39, 0.29) is 23.7 Å². The van der Waals surface area contributed by atoms with Gasteiger partial charge in [-0.15, -0.1) is 0 Å². The molecule has 136 valence electrons. The summed E-state index contributed by atoms with van der Waals surface area (Å²) >= 11 is 3.37. The number of carbonyl (C=O) groups is 1. The van der Waals surface area contributed by atoms with Gasteiger partial charge in [-0.1, -0.05) is 0 Å². The third-order valence-electron chi connectivity index (χ3n) is 3.98. The summed E-state index contributed by atoms with van der Waals surface area (Å²) in [6.07, 6.45) is 2.98. The highest BCUT2D eigenvalue weighted by Gasteiger charge is 2.25. The number of nitriles is 1. The van der Waals surface area contributed by atoms with Crippen molar-refractivity contribution in [1.82, 2.24) is 5.32 Å². The summed E-state index contributed by atoms with van der Waals surface area (Å²) < 4.78 is 19.7. The molecule has 0 radical (unpaired) electrons. The van der Waals surface area contributed by atoms with Gasteiger partial charge in [-0.25, -0.2) is 9.18 Å². The second kappa shape index (κ2) is 8.05. The number of halogens is 2. The van der Waals surface area contributed by atoms with Gasteiger partial charge in [0.25, 0.3) is 0 Å². The molecule has 0 unspecified atom stereocenters. The van der Waals surface area contributed by atoms with E-state index < -0.39 is 11.4 Å². The van der Waals surface area contributed by atoms with Crippen LogP contribution in [0.15, 0.2) is 16.6 Å². The molecule has 0 bridgehead atoms. The quantitative estimate of drug-likeness (QED) is 0.754. The van der Waals surface area contributed by atoms with E-state index in [1.807, 2.05) is 26.8 Å². The topological polar surface area (TPSA) is 74.2 Å². The van der Waals surface area contributed by atoms with E-state index in [2.05, 4.69) is 26.6 Å². The predicted molar refractivity (Wildman–Crippen MR) is 97.9 cm³/mol. The molecule has 1 amide bonds. The Hall–Kier alpha value is -1.81. The lowest BCUT2D eigenvalue weighted by molar-refractivity contribution is 0.0492. The number of alkyl carbamates (subject to hydrolysis) is 1. The lowest BCUT2D eigenvalue weighted by atomic mass is 9.91. The van der Waals surface area contributed by atoms with Crippen molar-refractivity contribution >= 4 is 27.7 Å². The number of rotatable bonds is 3. The molecule has 1 aliphatic rings. The van der Waals surface area contributed by atoms with Gasteiger partial charge < -0.3 is 15.4 Å². The van der Waals surface area contributed by atoms with Gasteiger partial charge in [-0.3, -0.25) is 0 Å². The van der Waals surface area contributed by atoms with Crippen LogP contribution in [0.3, 0.4) is 0 Å². The van der Waals surface area contributed by atoms with Crippen LogP contribution in [0.25, 0.3) is 0 Å². The van der Waals surface area contributed by atoms with E-state index in [9.17, 15) is 9.18 Å². The second-order valence-corrected chi connectivity index (χ2v) is 8.12. The first-order valence-electron chi connectivity index (χ1n) is 8.33. The second-order valence-electron chi connectivity index (χ2n) is 7.26. The monoisotopic (exact) mass is 411 g/mol. The van der Waals surface area contributed by atoms with Crippen LogP contribution in [0, 0.1) is 17.1 Å². The van der Waals surface area contributed by atoms with Crippen molar-refractivity contribution in [3.8, 4) is 6.07 Å². The van der Waals surface area contributed by atoms with Gasteiger partial charge in [-0.05, 0) is 74.5 Å². The molecule has 0 aromatic heterocycles. The largest absolute Gasteiger partial charge is 0.444 e. The number of hydrogen-bond acceptors (Lipinski definition) is 4. The molecule has 7 heteroatoms. The van der Waals surface area contributed by atoms with Crippen molar-refractivity contribution < 1.29 is 13.9 Å². The summed E-state index contributed by atoms with van der Waals surface area (Å²) in [5.41, 5.74) is 0.150. The number of ether oxygens (including phenoxy) is 1. The van der Waals surface area contributed by atoms with Gasteiger partial charge in [-0.2, -0.15) is 5.26 Å². The van der Waals surface area contributed by atoms with Crippen molar-refractivity contribution in [3.05, 3.63) is 28.0 Å². The Kier molecular flexibility index (Phi) is 6.28. The highest BCUT2D eigenvalue weighted by atomic mass is 79.9. The van der Waals surface area contributed by atoms with Crippen molar-refractivity contribution in [2.24, 2.45) is 0 Å². The third-order valence-corrected chi connectivity index (χ3v) is 4.64. The van der Waals surface area contributed by atoms with Crippen molar-refractivity contribution in [2.45, 2.75) is 64.1 Å². The zero-order valence-corrected chi connectivity index (χ0v) is 16.2. The van der Waals surface area contributed by atoms with Crippen molar-refractivity contribution in [3.63, 3.8) is 0 Å². The van der Waals surface area contributed by atoms with Crippen LogP contribution in [0.4, 0.5) is 14.9 Å². The number of anilines is 1.